The highest BCUT2D eigenvalue weighted by Crippen LogP contribution is 2.43. The zero-order chi connectivity index (χ0) is 35.6. The molecule has 0 amide bonds. The molecule has 0 spiro atoms. The number of carbonyl (C=O) groups excluding carboxylic acids is 1. The predicted molar refractivity (Wildman–Crippen MR) is 201 cm³/mol. The maximum atomic E-state index is 12.6. The molecule has 0 aliphatic heterocycles. The SMILES string of the molecule is CCC/C=C\C/C=C\CCCCCCCCOCC(COP(=O)(O)OCC[N+](C)(C)C)OC(=O)CCCCCCCCCCCCCC. The molecule has 0 aliphatic carbocycles. The molecule has 0 rings (SSSR count). The molecule has 1 N–H and O–H groups in total. The predicted octanol–water partition coefficient (Wildman–Crippen LogP) is 10.9. The van der Waals surface area contributed by atoms with Gasteiger partial charge in [0.25, 0.3) is 0 Å². The fourth-order valence-electron chi connectivity index (χ4n) is 5.18. The third-order valence-electron chi connectivity index (χ3n) is 8.25. The number of phosphoric ester groups is 1. The fraction of sp³-hybridized carbons (Fsp3) is 0.872. The number of rotatable bonds is 36. The van der Waals surface area contributed by atoms with E-state index in [9.17, 15) is 14.3 Å². The van der Waals surface area contributed by atoms with Crippen LogP contribution in [0, 0.1) is 0 Å². The first-order valence-electron chi connectivity index (χ1n) is 19.6. The lowest BCUT2D eigenvalue weighted by molar-refractivity contribution is -0.870. The highest BCUT2D eigenvalue weighted by Gasteiger charge is 2.26. The molecule has 0 aromatic carbocycles. The average Bonchev–Trinajstić information content (AvgIpc) is 3.03. The van der Waals surface area contributed by atoms with Crippen LogP contribution >= 0.6 is 7.82 Å². The Morgan fingerprint density at radius 1 is 0.646 bits per heavy atom. The first-order chi connectivity index (χ1) is 23.1. The van der Waals surface area contributed by atoms with Crippen molar-refractivity contribution in [3.8, 4) is 0 Å². The second-order valence-electron chi connectivity index (χ2n) is 14.3. The first kappa shape index (κ1) is 47.0. The molecule has 0 bridgehead atoms. The number of nitrogens with zero attached hydrogens (tertiary/aromatic N) is 1. The van der Waals surface area contributed by atoms with Gasteiger partial charge in [0.05, 0.1) is 34.4 Å². The number of quaternary nitrogens is 1. The quantitative estimate of drug-likeness (QED) is 0.0228. The van der Waals surface area contributed by atoms with E-state index in [0.717, 1.165) is 44.9 Å². The zero-order valence-electron chi connectivity index (χ0n) is 32.0. The molecule has 0 fully saturated rings. The minimum absolute atomic E-state index is 0.0879. The van der Waals surface area contributed by atoms with E-state index in [4.69, 9.17) is 18.5 Å². The van der Waals surface area contributed by atoms with Crippen LogP contribution in [-0.2, 0) is 27.9 Å². The number of allylic oxidation sites excluding steroid dienone is 4. The number of hydrogen-bond donors (Lipinski definition) is 1. The number of hydrogen-bond acceptors (Lipinski definition) is 6. The van der Waals surface area contributed by atoms with Crippen LogP contribution in [0.2, 0.25) is 0 Å². The Balaban J connectivity index is 4.30. The van der Waals surface area contributed by atoms with E-state index in [2.05, 4.69) is 38.2 Å². The summed E-state index contributed by atoms with van der Waals surface area (Å²) in [6, 6.07) is 0. The number of carbonyl (C=O) groups is 1. The Morgan fingerprint density at radius 2 is 1.19 bits per heavy atom. The lowest BCUT2D eigenvalue weighted by Gasteiger charge is -2.24. The molecule has 8 nitrogen and oxygen atoms in total. The largest absolute Gasteiger partial charge is 0.472 e. The number of esters is 1. The van der Waals surface area contributed by atoms with Crippen molar-refractivity contribution in [2.24, 2.45) is 0 Å². The van der Waals surface area contributed by atoms with E-state index in [0.29, 0.717) is 24.1 Å². The minimum Gasteiger partial charge on any atom is -0.457 e. The van der Waals surface area contributed by atoms with Gasteiger partial charge in [-0.25, -0.2) is 4.57 Å². The number of unbranched alkanes of at least 4 members (excludes halogenated alkanes) is 18. The van der Waals surface area contributed by atoms with E-state index < -0.39 is 13.9 Å². The van der Waals surface area contributed by atoms with Crippen LogP contribution in [0.3, 0.4) is 0 Å². The van der Waals surface area contributed by atoms with Gasteiger partial charge in [0, 0.05) is 13.0 Å². The summed E-state index contributed by atoms with van der Waals surface area (Å²) in [5.74, 6) is -0.319. The smallest absolute Gasteiger partial charge is 0.457 e. The molecular weight excluding hydrogens is 625 g/mol. The number of likely N-dealkylation sites (N-methyl/N-ethyl adjacent to an activating group) is 1. The second-order valence-corrected chi connectivity index (χ2v) is 15.8. The molecule has 2 unspecified atom stereocenters. The maximum absolute atomic E-state index is 12.6. The molecule has 9 heteroatoms. The van der Waals surface area contributed by atoms with E-state index in [-0.39, 0.29) is 25.8 Å². The molecule has 48 heavy (non-hydrogen) atoms. The Bertz CT molecular complexity index is 828. The summed E-state index contributed by atoms with van der Waals surface area (Å²) in [6.07, 6.45) is 34.8. The van der Waals surface area contributed by atoms with Gasteiger partial charge in [0.2, 0.25) is 0 Å². The summed E-state index contributed by atoms with van der Waals surface area (Å²) in [6.45, 7) is 5.53. The summed E-state index contributed by atoms with van der Waals surface area (Å²) in [4.78, 5) is 22.8. The molecule has 0 aromatic heterocycles. The summed E-state index contributed by atoms with van der Waals surface area (Å²) in [5, 5.41) is 0. The van der Waals surface area contributed by atoms with Crippen molar-refractivity contribution in [3.63, 3.8) is 0 Å². The molecule has 0 aliphatic rings. The van der Waals surface area contributed by atoms with Gasteiger partial charge < -0.3 is 18.9 Å². The van der Waals surface area contributed by atoms with Gasteiger partial charge in [-0.3, -0.25) is 13.8 Å². The Morgan fingerprint density at radius 3 is 1.77 bits per heavy atom. The second kappa shape index (κ2) is 33.1. The third-order valence-corrected chi connectivity index (χ3v) is 9.23. The first-order valence-corrected chi connectivity index (χ1v) is 21.1. The van der Waals surface area contributed by atoms with E-state index in [1.807, 2.05) is 21.1 Å². The topological polar surface area (TPSA) is 91.3 Å². The molecule has 2 atom stereocenters. The van der Waals surface area contributed by atoms with Gasteiger partial charge in [-0.05, 0) is 38.5 Å². The number of ether oxygens (including phenoxy) is 2. The Hall–Kier alpha value is -1.02. The molecule has 0 saturated carbocycles. The van der Waals surface area contributed by atoms with Crippen LogP contribution in [-0.4, -0.2) is 75.6 Å². The van der Waals surface area contributed by atoms with E-state index >= 15 is 0 Å². The summed E-state index contributed by atoms with van der Waals surface area (Å²) in [5.41, 5.74) is 0. The zero-order valence-corrected chi connectivity index (χ0v) is 32.9. The van der Waals surface area contributed by atoms with Crippen LogP contribution < -0.4 is 0 Å². The third kappa shape index (κ3) is 36.3. The fourth-order valence-corrected chi connectivity index (χ4v) is 5.92. The van der Waals surface area contributed by atoms with Gasteiger partial charge in [0.15, 0.2) is 0 Å². The van der Waals surface area contributed by atoms with Crippen molar-refractivity contribution in [1.82, 2.24) is 0 Å². The molecule has 0 radical (unpaired) electrons. The Labute approximate surface area is 296 Å². The molecular formula is C39H77NO7P+. The summed E-state index contributed by atoms with van der Waals surface area (Å²) < 4.78 is 34.8. The van der Waals surface area contributed by atoms with Crippen molar-refractivity contribution in [2.45, 2.75) is 168 Å². The van der Waals surface area contributed by atoms with Gasteiger partial charge in [0.1, 0.15) is 19.3 Å². The lowest BCUT2D eigenvalue weighted by Crippen LogP contribution is -2.37. The molecule has 284 valence electrons. The van der Waals surface area contributed by atoms with E-state index in [1.165, 1.54) is 96.3 Å². The highest BCUT2D eigenvalue weighted by molar-refractivity contribution is 7.47. The molecule has 0 aromatic rings. The van der Waals surface area contributed by atoms with Crippen LogP contribution in [0.1, 0.15) is 162 Å². The van der Waals surface area contributed by atoms with Gasteiger partial charge in [-0.1, -0.05) is 141 Å². The minimum atomic E-state index is -4.27. The lowest BCUT2D eigenvalue weighted by atomic mass is 10.0. The normalized spacial score (nSPS) is 14.2. The van der Waals surface area contributed by atoms with Crippen molar-refractivity contribution < 1.29 is 37.3 Å². The average molecular weight is 703 g/mol. The number of phosphoric acid groups is 1. The summed E-state index contributed by atoms with van der Waals surface area (Å²) >= 11 is 0. The molecule has 0 saturated heterocycles. The highest BCUT2D eigenvalue weighted by atomic mass is 31.2. The van der Waals surface area contributed by atoms with Crippen LogP contribution in [0.15, 0.2) is 24.3 Å². The van der Waals surface area contributed by atoms with Gasteiger partial charge in [-0.15, -0.1) is 0 Å². The van der Waals surface area contributed by atoms with E-state index in [1.54, 1.807) is 0 Å². The van der Waals surface area contributed by atoms with Crippen molar-refractivity contribution in [3.05, 3.63) is 24.3 Å². The van der Waals surface area contributed by atoms with Crippen molar-refractivity contribution >= 4 is 13.8 Å². The monoisotopic (exact) mass is 703 g/mol. The van der Waals surface area contributed by atoms with Crippen LogP contribution in [0.4, 0.5) is 0 Å². The molecule has 0 heterocycles. The van der Waals surface area contributed by atoms with Gasteiger partial charge in [-0.2, -0.15) is 0 Å². The van der Waals surface area contributed by atoms with Crippen molar-refractivity contribution in [1.29, 1.82) is 0 Å². The van der Waals surface area contributed by atoms with Crippen LogP contribution in [0.25, 0.3) is 0 Å². The van der Waals surface area contributed by atoms with Crippen LogP contribution in [0.5, 0.6) is 0 Å². The standard InChI is InChI=1S/C39H76NO7P/c1-6-8-10-12-14-16-18-20-21-23-25-27-29-31-34-44-36-38(37-46-48(42,43)45-35-33-40(3,4)5)47-39(41)32-30-28-26-24-22-19-17-15-13-11-9-7-2/h10,12,16,18,38H,6-9,11,13-15,17,19-37H2,1-5H3/p+1/b12-10-,18-16-. The van der Waals surface area contributed by atoms with Gasteiger partial charge >= 0.3 is 13.8 Å². The maximum Gasteiger partial charge on any atom is 0.472 e. The Kier molecular flexibility index (Phi) is 32.4. The van der Waals surface area contributed by atoms with Crippen molar-refractivity contribution in [2.75, 3.05) is 54.1 Å². The summed E-state index contributed by atoms with van der Waals surface area (Å²) in [7, 11) is 1.66.